The molecule has 2 aliphatic rings. The number of carbonyl (C=O) groups excluding carboxylic acids is 4. The van der Waals surface area contributed by atoms with Crippen molar-refractivity contribution in [1.82, 2.24) is 26.1 Å². The summed E-state index contributed by atoms with van der Waals surface area (Å²) in [6.07, 6.45) is 5.59. The average molecular weight is 638 g/mol. The number of hydrazine groups is 1. The molecule has 1 aromatic heterocycles. The van der Waals surface area contributed by atoms with Crippen LogP contribution in [0.1, 0.15) is 65.6 Å². The lowest BCUT2D eigenvalue weighted by atomic mass is 9.85. The monoisotopic (exact) mass is 637 g/mol. The minimum absolute atomic E-state index is 0.0391. The molecule has 3 amide bonds. The van der Waals surface area contributed by atoms with Gasteiger partial charge in [-0.1, -0.05) is 51.1 Å². The fraction of sp³-hybridized carbons (Fsp3) is 0.559. The van der Waals surface area contributed by atoms with Crippen LogP contribution in [-0.2, 0) is 39.8 Å². The Morgan fingerprint density at radius 1 is 1.11 bits per heavy atom. The minimum atomic E-state index is -1.22. The zero-order valence-electron chi connectivity index (χ0n) is 27.8. The molecule has 46 heavy (non-hydrogen) atoms. The molecular formula is C34H47N5O7. The quantitative estimate of drug-likeness (QED) is 0.335. The molecule has 12 nitrogen and oxygen atoms in total. The first-order chi connectivity index (χ1) is 21.8. The van der Waals surface area contributed by atoms with Crippen molar-refractivity contribution in [3.05, 3.63) is 47.7 Å². The lowest BCUT2D eigenvalue weighted by Crippen LogP contribution is -2.62. The second kappa shape index (κ2) is 14.7. The van der Waals surface area contributed by atoms with Crippen molar-refractivity contribution in [2.24, 2.45) is 11.3 Å². The van der Waals surface area contributed by atoms with Gasteiger partial charge in [-0.25, -0.2) is 5.43 Å². The van der Waals surface area contributed by atoms with Crippen LogP contribution in [0.4, 0.5) is 0 Å². The van der Waals surface area contributed by atoms with Crippen molar-refractivity contribution in [1.29, 1.82) is 0 Å². The molecule has 3 heterocycles. The standard InChI is InChI=1S/C34H47N5O7/c1-8-25-14-13-24-12-11-23(18-27(24)36-25)15-16-34(19-45-33(5,6)46-20-34)32(43)37-28(21(2)3)29(40)35-22(4)30(41)39-17-9-10-26(38-39)31(42)44-7/h11-16,18,21-22,26,28,38H,8-10,17,19-20H2,1-7H3,(H,35,40)(H,37,43)/b16-15+. The zero-order chi connectivity index (χ0) is 33.6. The van der Waals surface area contributed by atoms with Gasteiger partial charge in [0.25, 0.3) is 5.91 Å². The van der Waals surface area contributed by atoms with Gasteiger partial charge < -0.3 is 24.8 Å². The zero-order valence-corrected chi connectivity index (χ0v) is 27.8. The van der Waals surface area contributed by atoms with E-state index >= 15 is 0 Å². The second-order valence-corrected chi connectivity index (χ2v) is 12.8. The lowest BCUT2D eigenvalue weighted by molar-refractivity contribution is -0.272. The predicted octanol–water partition coefficient (Wildman–Crippen LogP) is 2.89. The number of nitrogens with one attached hydrogen (secondary N) is 3. The molecule has 3 atom stereocenters. The van der Waals surface area contributed by atoms with Gasteiger partial charge >= 0.3 is 5.97 Å². The van der Waals surface area contributed by atoms with Gasteiger partial charge in [0.05, 0.1) is 25.8 Å². The number of aryl methyl sites for hydroxylation is 1. The smallest absolute Gasteiger partial charge is 0.324 e. The number of nitrogens with zero attached hydrogens (tertiary/aromatic N) is 2. The van der Waals surface area contributed by atoms with Gasteiger partial charge in [0.15, 0.2) is 5.79 Å². The molecule has 0 spiro atoms. The van der Waals surface area contributed by atoms with Crippen molar-refractivity contribution >= 4 is 40.7 Å². The molecule has 0 bridgehead atoms. The number of pyridine rings is 1. The summed E-state index contributed by atoms with van der Waals surface area (Å²) < 4.78 is 16.7. The summed E-state index contributed by atoms with van der Waals surface area (Å²) in [5.74, 6) is -2.97. The third kappa shape index (κ3) is 8.28. The second-order valence-electron chi connectivity index (χ2n) is 12.8. The topological polar surface area (TPSA) is 148 Å². The van der Waals surface area contributed by atoms with E-state index in [4.69, 9.17) is 19.2 Å². The van der Waals surface area contributed by atoms with Crippen molar-refractivity contribution in [2.45, 2.75) is 84.7 Å². The Labute approximate surface area is 270 Å². The number of hydrogen-bond acceptors (Lipinski definition) is 9. The highest BCUT2D eigenvalue weighted by atomic mass is 16.7. The van der Waals surface area contributed by atoms with Crippen molar-refractivity contribution < 1.29 is 33.4 Å². The summed E-state index contributed by atoms with van der Waals surface area (Å²) in [5.41, 5.74) is 4.38. The number of hydrogen-bond donors (Lipinski definition) is 3. The first-order valence-corrected chi connectivity index (χ1v) is 15.9. The molecular weight excluding hydrogens is 590 g/mol. The highest BCUT2D eigenvalue weighted by molar-refractivity contribution is 5.94. The van der Waals surface area contributed by atoms with E-state index in [2.05, 4.69) is 23.0 Å². The van der Waals surface area contributed by atoms with Gasteiger partial charge in [-0.2, -0.15) is 0 Å². The van der Waals surface area contributed by atoms with Crippen LogP contribution in [0.25, 0.3) is 17.0 Å². The number of rotatable bonds is 10. The molecule has 3 N–H and O–H groups in total. The summed E-state index contributed by atoms with van der Waals surface area (Å²) in [7, 11) is 1.29. The molecule has 2 fully saturated rings. The number of ether oxygens (including phenoxy) is 3. The molecule has 1 aromatic carbocycles. The Morgan fingerprint density at radius 2 is 1.80 bits per heavy atom. The molecule has 4 rings (SSSR count). The van der Waals surface area contributed by atoms with Gasteiger partial charge in [-0.3, -0.25) is 29.2 Å². The van der Waals surface area contributed by atoms with Crippen molar-refractivity contribution in [3.8, 4) is 0 Å². The summed E-state index contributed by atoms with van der Waals surface area (Å²) in [4.78, 5) is 57.4. The average Bonchev–Trinajstić information content (AvgIpc) is 3.05. The number of fused-ring (bicyclic) bond motifs is 1. The number of aromatic nitrogens is 1. The fourth-order valence-corrected chi connectivity index (χ4v) is 5.40. The Hall–Kier alpha value is -3.87. The first-order valence-electron chi connectivity index (χ1n) is 15.9. The van der Waals surface area contributed by atoms with Crippen LogP contribution in [0.3, 0.4) is 0 Å². The predicted molar refractivity (Wildman–Crippen MR) is 173 cm³/mol. The van der Waals surface area contributed by atoms with E-state index in [1.54, 1.807) is 26.8 Å². The summed E-state index contributed by atoms with van der Waals surface area (Å²) in [5, 5.41) is 8.01. The molecule has 12 heteroatoms. The fourth-order valence-electron chi connectivity index (χ4n) is 5.40. The third-order valence-electron chi connectivity index (χ3n) is 8.44. The summed E-state index contributed by atoms with van der Waals surface area (Å²) >= 11 is 0. The van der Waals surface area contributed by atoms with E-state index in [1.165, 1.54) is 12.1 Å². The van der Waals surface area contributed by atoms with E-state index < -0.39 is 53.0 Å². The van der Waals surface area contributed by atoms with E-state index in [9.17, 15) is 19.2 Å². The van der Waals surface area contributed by atoms with E-state index in [0.29, 0.717) is 19.4 Å². The Kier molecular flexibility index (Phi) is 11.2. The molecule has 2 saturated heterocycles. The number of methoxy groups -OCH3 is 1. The normalized spacial score (nSPS) is 20.7. The molecule has 2 aromatic rings. The highest BCUT2D eigenvalue weighted by Gasteiger charge is 2.45. The molecule has 3 unspecified atom stereocenters. The van der Waals surface area contributed by atoms with Crippen LogP contribution >= 0.6 is 0 Å². The van der Waals surface area contributed by atoms with Crippen LogP contribution in [-0.4, -0.2) is 84.5 Å². The van der Waals surface area contributed by atoms with E-state index in [1.807, 2.05) is 50.3 Å². The lowest BCUT2D eigenvalue weighted by Gasteiger charge is -2.41. The molecule has 2 aliphatic heterocycles. The highest BCUT2D eigenvalue weighted by Crippen LogP contribution is 2.33. The van der Waals surface area contributed by atoms with Gasteiger partial charge in [0, 0.05) is 17.6 Å². The van der Waals surface area contributed by atoms with Crippen LogP contribution in [0.15, 0.2) is 36.4 Å². The Balaban J connectivity index is 1.50. The molecule has 250 valence electrons. The number of esters is 1. The maximum absolute atomic E-state index is 14.0. The van der Waals surface area contributed by atoms with Crippen LogP contribution in [0.2, 0.25) is 0 Å². The van der Waals surface area contributed by atoms with Gasteiger partial charge in [-0.15, -0.1) is 0 Å². The van der Waals surface area contributed by atoms with Crippen LogP contribution < -0.4 is 16.1 Å². The Bertz CT molecular complexity index is 1460. The van der Waals surface area contributed by atoms with Gasteiger partial charge in [-0.05, 0) is 63.6 Å². The van der Waals surface area contributed by atoms with E-state index in [-0.39, 0.29) is 19.1 Å². The number of benzene rings is 1. The van der Waals surface area contributed by atoms with Gasteiger partial charge in [0.1, 0.15) is 23.5 Å². The first kappa shape index (κ1) is 35.0. The van der Waals surface area contributed by atoms with E-state index in [0.717, 1.165) is 28.6 Å². The van der Waals surface area contributed by atoms with Crippen LogP contribution in [0, 0.1) is 11.3 Å². The maximum atomic E-state index is 14.0. The van der Waals surface area contributed by atoms with Gasteiger partial charge in [0.2, 0.25) is 11.8 Å². The summed E-state index contributed by atoms with van der Waals surface area (Å²) in [6.45, 7) is 11.3. The number of amides is 3. The molecule has 0 radical (unpaired) electrons. The third-order valence-corrected chi connectivity index (χ3v) is 8.44. The van der Waals surface area contributed by atoms with Crippen LogP contribution in [0.5, 0.6) is 0 Å². The molecule has 0 aliphatic carbocycles. The number of carbonyl (C=O) groups is 4. The SMILES string of the molecule is CCc1ccc2ccc(/C=C/C3(C(=O)NC(C(=O)NC(C)C(=O)N4CCCC(C(=O)OC)N4)C(C)C)COC(C)(C)OC3)cc2n1. The largest absolute Gasteiger partial charge is 0.468 e. The minimum Gasteiger partial charge on any atom is -0.468 e. The van der Waals surface area contributed by atoms with Crippen molar-refractivity contribution in [2.75, 3.05) is 26.9 Å². The summed E-state index contributed by atoms with van der Waals surface area (Å²) in [6, 6.07) is 7.47. The maximum Gasteiger partial charge on any atom is 0.324 e. The van der Waals surface area contributed by atoms with Crippen molar-refractivity contribution in [3.63, 3.8) is 0 Å². The Morgan fingerprint density at radius 3 is 2.46 bits per heavy atom. The molecule has 0 saturated carbocycles.